The molecule has 0 aliphatic carbocycles. The third-order valence-electron chi connectivity index (χ3n) is 10.7. The van der Waals surface area contributed by atoms with Gasteiger partial charge in [-0.05, 0) is 45.8 Å². The Kier molecular flexibility index (Phi) is 18.3. The molecule has 8 nitrogen and oxygen atoms in total. The van der Waals surface area contributed by atoms with Gasteiger partial charge in [0.05, 0.1) is 33.9 Å². The standard InChI is InChI=1S/2C17H13NO.2C12H8N2.2Eu/c2*19-17(18-14-9-2-1-3-10-14)16-12-6-8-13-7-4-5-11-15(13)16;2*1-3-9-5-6-10-4-2-8-14-12(10)11(9)13-7-1;;/h2*1-12H,(H,18,19);2*1-8H;;/p-2. The summed E-state index contributed by atoms with van der Waals surface area (Å²) >= 11 is 0. The molecular weight excluding hydrogens is 1120 g/mol. The van der Waals surface area contributed by atoms with Gasteiger partial charge in [0.15, 0.2) is 0 Å². The molecule has 0 spiro atoms. The first-order valence-electron chi connectivity index (χ1n) is 21.3. The minimum atomic E-state index is -0.206. The number of para-hydroxylation sites is 2. The summed E-state index contributed by atoms with van der Waals surface area (Å²) in [6, 6.07) is 69.9. The van der Waals surface area contributed by atoms with Crippen LogP contribution in [0.3, 0.4) is 0 Å². The number of hydrogen-bond donors (Lipinski definition) is 0. The van der Waals surface area contributed by atoms with Crippen molar-refractivity contribution >= 4 is 88.3 Å². The predicted octanol–water partition coefficient (Wildman–Crippen LogP) is 14.9. The Balaban J connectivity index is 0.000000134. The molecule has 0 saturated carbocycles. The fraction of sp³-hybridized carbons (Fsp3) is 0. The van der Waals surface area contributed by atoms with E-state index in [2.05, 4.69) is 79.1 Å². The Morgan fingerprint density at radius 2 is 0.559 bits per heavy atom. The first-order chi connectivity index (χ1) is 32.6. The molecule has 0 aliphatic heterocycles. The smallest absolute Gasteiger partial charge is 0.0964 e. The summed E-state index contributed by atoms with van der Waals surface area (Å²) in [7, 11) is 0. The van der Waals surface area contributed by atoms with Crippen LogP contribution < -0.4 is 0 Å². The molecule has 0 aliphatic rings. The minimum Gasteiger partial charge on any atom is -0.623 e. The molecule has 0 saturated heterocycles. The van der Waals surface area contributed by atoms with Crippen LogP contribution in [0.25, 0.3) is 75.8 Å². The normalized spacial score (nSPS) is 10.2. The summed E-state index contributed by atoms with van der Waals surface area (Å²) in [6.45, 7) is 0. The van der Waals surface area contributed by atoms with E-state index in [1.807, 2.05) is 170 Å². The van der Waals surface area contributed by atoms with Crippen LogP contribution in [0.5, 0.6) is 0 Å². The average Bonchev–Trinajstić information content (AvgIpc) is 3.39. The number of rotatable bonds is 4. The van der Waals surface area contributed by atoms with Crippen molar-refractivity contribution in [2.45, 2.75) is 0 Å². The van der Waals surface area contributed by atoms with Gasteiger partial charge in [-0.1, -0.05) is 194 Å². The number of fused-ring (bicyclic) bond motifs is 8. The van der Waals surface area contributed by atoms with Gasteiger partial charge in [0.25, 0.3) is 0 Å². The van der Waals surface area contributed by atoms with E-state index in [0.29, 0.717) is 22.5 Å². The summed E-state index contributed by atoms with van der Waals surface area (Å²) in [6.07, 6.45) is 7.21. The van der Waals surface area contributed by atoms with Crippen LogP contribution in [0.4, 0.5) is 11.4 Å². The Morgan fingerprint density at radius 3 is 0.897 bits per heavy atom. The van der Waals surface area contributed by atoms with Crippen molar-refractivity contribution in [3.63, 3.8) is 0 Å². The van der Waals surface area contributed by atoms with Crippen molar-refractivity contribution in [1.29, 1.82) is 0 Å². The number of nitrogens with zero attached hydrogens (tertiary/aromatic N) is 6. The number of carbonyl (C=O) groups excluding carboxylic acids is 2. The Bertz CT molecular complexity index is 3260. The van der Waals surface area contributed by atoms with Crippen LogP contribution in [-0.2, 0) is 0 Å². The van der Waals surface area contributed by atoms with Gasteiger partial charge in [-0.25, -0.2) is 0 Å². The summed E-state index contributed by atoms with van der Waals surface area (Å²) in [5.74, 6) is -0.411. The van der Waals surface area contributed by atoms with Crippen molar-refractivity contribution in [2.75, 3.05) is 0 Å². The zero-order chi connectivity index (χ0) is 44.9. The molecular formula is C58H40Eu2N6O2-2. The Hall–Kier alpha value is -5.97. The SMILES string of the molecule is O=C([N-]c1ccccc1)c1cccc2ccccc12.O=C([N-]c1ccccc1)c1cccc2ccccc12.[Eu].[Eu].c1cnc2c(c1)ccc1cccnc12.c1cnc2c(c1)ccc1cccnc12. The fourth-order valence-electron chi connectivity index (χ4n) is 7.54. The first kappa shape index (κ1) is 49.9. The topological polar surface area (TPSA) is 114 Å². The second kappa shape index (κ2) is 24.9. The number of carbonyl (C=O) groups is 2. The van der Waals surface area contributed by atoms with Crippen LogP contribution in [0, 0.1) is 98.8 Å². The third kappa shape index (κ3) is 12.4. The molecule has 0 N–H and O–H groups in total. The van der Waals surface area contributed by atoms with Crippen molar-refractivity contribution < 1.29 is 108 Å². The molecule has 0 fully saturated rings. The van der Waals surface area contributed by atoms with Gasteiger partial charge in [0.2, 0.25) is 0 Å². The summed E-state index contributed by atoms with van der Waals surface area (Å²) in [5, 5.41) is 16.8. The summed E-state index contributed by atoms with van der Waals surface area (Å²) in [4.78, 5) is 41.9. The second-order valence-electron chi connectivity index (χ2n) is 15.0. The number of amides is 2. The quantitative estimate of drug-likeness (QED) is 0.162. The van der Waals surface area contributed by atoms with Crippen LogP contribution in [0.1, 0.15) is 20.7 Å². The minimum absolute atomic E-state index is 0. The van der Waals surface area contributed by atoms with Gasteiger partial charge >= 0.3 is 0 Å². The number of benzene rings is 8. The summed E-state index contributed by atoms with van der Waals surface area (Å²) in [5.41, 5.74) is 6.55. The molecule has 2 amide bonds. The van der Waals surface area contributed by atoms with Crippen LogP contribution >= 0.6 is 0 Å². The largest absolute Gasteiger partial charge is 0.623 e. The van der Waals surface area contributed by atoms with E-state index < -0.39 is 0 Å². The molecule has 10 heteroatoms. The van der Waals surface area contributed by atoms with Gasteiger partial charge in [0, 0.05) is 156 Å². The fourth-order valence-corrected chi connectivity index (χ4v) is 7.54. The summed E-state index contributed by atoms with van der Waals surface area (Å²) < 4.78 is 0. The van der Waals surface area contributed by atoms with Gasteiger partial charge in [-0.15, -0.1) is 11.4 Å². The number of aromatic nitrogens is 4. The molecule has 12 aromatic rings. The molecule has 68 heavy (non-hydrogen) atoms. The molecule has 4 aromatic heterocycles. The molecule has 2 radical (unpaired) electrons. The van der Waals surface area contributed by atoms with E-state index in [0.717, 1.165) is 65.2 Å². The van der Waals surface area contributed by atoms with E-state index in [4.69, 9.17) is 0 Å². The van der Waals surface area contributed by atoms with Crippen molar-refractivity contribution in [1.82, 2.24) is 19.9 Å². The zero-order valence-corrected chi connectivity index (χ0v) is 41.2. The van der Waals surface area contributed by atoms with Crippen molar-refractivity contribution in [2.24, 2.45) is 0 Å². The van der Waals surface area contributed by atoms with Crippen LogP contribution in [0.2, 0.25) is 0 Å². The second-order valence-corrected chi connectivity index (χ2v) is 15.0. The van der Waals surface area contributed by atoms with E-state index in [9.17, 15) is 9.59 Å². The molecule has 8 aromatic carbocycles. The third-order valence-corrected chi connectivity index (χ3v) is 10.7. The maximum Gasteiger partial charge on any atom is 0.0964 e. The molecule has 0 atom stereocenters. The molecule has 0 bridgehead atoms. The maximum absolute atomic E-state index is 12.3. The van der Waals surface area contributed by atoms with Gasteiger partial charge < -0.3 is 20.2 Å². The first-order valence-corrected chi connectivity index (χ1v) is 21.3. The maximum atomic E-state index is 12.3. The number of hydrogen-bond acceptors (Lipinski definition) is 6. The van der Waals surface area contributed by atoms with Crippen molar-refractivity contribution in [3.05, 3.63) is 265 Å². The van der Waals surface area contributed by atoms with E-state index >= 15 is 0 Å². The Morgan fingerprint density at radius 1 is 0.279 bits per heavy atom. The van der Waals surface area contributed by atoms with Crippen LogP contribution in [-0.4, -0.2) is 31.8 Å². The van der Waals surface area contributed by atoms with E-state index in [1.165, 1.54) is 0 Å². The van der Waals surface area contributed by atoms with Gasteiger partial charge in [-0.2, -0.15) is 0 Å². The van der Waals surface area contributed by atoms with Crippen LogP contribution in [0.15, 0.2) is 243 Å². The molecule has 330 valence electrons. The molecule has 4 heterocycles. The predicted molar refractivity (Wildman–Crippen MR) is 270 cm³/mol. The van der Waals surface area contributed by atoms with Crippen molar-refractivity contribution in [3.8, 4) is 0 Å². The average molecular weight is 1160 g/mol. The monoisotopic (exact) mass is 1160 g/mol. The molecule has 0 unspecified atom stereocenters. The number of pyridine rings is 4. The van der Waals surface area contributed by atoms with Gasteiger partial charge in [-0.3, -0.25) is 19.9 Å². The van der Waals surface area contributed by atoms with Gasteiger partial charge in [0.1, 0.15) is 0 Å². The van der Waals surface area contributed by atoms with E-state index in [-0.39, 0.29) is 111 Å². The molecule has 12 rings (SSSR count). The Labute approximate surface area is 475 Å². The van der Waals surface area contributed by atoms with E-state index in [1.54, 1.807) is 24.8 Å². The zero-order valence-electron chi connectivity index (χ0n) is 36.3.